The van der Waals surface area contributed by atoms with Gasteiger partial charge < -0.3 is 4.90 Å². The maximum absolute atomic E-state index is 14.1. The number of hydrogen-bond donors (Lipinski definition) is 0. The SMILES string of the molecule is CCCCN(C)C(=O)c1ccc(-c2cc3c(CC)c(C(=O)CC4CC4)cnc3cc2C(F)(F)F)cn1. The van der Waals surface area contributed by atoms with Gasteiger partial charge in [0.2, 0.25) is 0 Å². The first-order valence-electron chi connectivity index (χ1n) is 12.4. The van der Waals surface area contributed by atoms with Gasteiger partial charge >= 0.3 is 6.18 Å². The molecule has 2 aromatic heterocycles. The molecule has 0 spiro atoms. The molecule has 0 radical (unpaired) electrons. The summed E-state index contributed by atoms with van der Waals surface area (Å²) in [5.41, 5.74) is 0.925. The van der Waals surface area contributed by atoms with Crippen LogP contribution < -0.4 is 0 Å². The second-order valence-electron chi connectivity index (χ2n) is 9.50. The number of aromatic nitrogens is 2. The number of amides is 1. The average Bonchev–Trinajstić information content (AvgIpc) is 3.68. The van der Waals surface area contributed by atoms with Crippen LogP contribution in [0.15, 0.2) is 36.7 Å². The lowest BCUT2D eigenvalue weighted by molar-refractivity contribution is -0.137. The topological polar surface area (TPSA) is 63.2 Å². The number of unbranched alkanes of at least 4 members (excludes halogenated alkanes) is 1. The third kappa shape index (κ3) is 5.42. The Morgan fingerprint density at radius 3 is 2.42 bits per heavy atom. The van der Waals surface area contributed by atoms with Crippen LogP contribution in [0.3, 0.4) is 0 Å². The second-order valence-corrected chi connectivity index (χ2v) is 9.50. The summed E-state index contributed by atoms with van der Waals surface area (Å²) in [4.78, 5) is 35.5. The summed E-state index contributed by atoms with van der Waals surface area (Å²) in [7, 11) is 1.68. The molecular weight excluding hydrogens is 467 g/mol. The molecule has 1 fully saturated rings. The minimum Gasteiger partial charge on any atom is -0.340 e. The number of carbonyl (C=O) groups excluding carboxylic acids is 2. The van der Waals surface area contributed by atoms with Crippen molar-refractivity contribution in [3.63, 3.8) is 0 Å². The Labute approximate surface area is 208 Å². The van der Waals surface area contributed by atoms with Gasteiger partial charge in [-0.3, -0.25) is 19.6 Å². The Balaban J connectivity index is 1.78. The fourth-order valence-electron chi connectivity index (χ4n) is 4.45. The second kappa shape index (κ2) is 10.4. The maximum atomic E-state index is 14.1. The quantitative estimate of drug-likeness (QED) is 0.308. The molecule has 3 aromatic rings. The normalized spacial score (nSPS) is 13.7. The van der Waals surface area contributed by atoms with Crippen LogP contribution in [-0.2, 0) is 12.6 Å². The maximum Gasteiger partial charge on any atom is 0.417 e. The van der Waals surface area contributed by atoms with E-state index in [1.54, 1.807) is 11.9 Å². The van der Waals surface area contributed by atoms with Gasteiger partial charge in [-0.25, -0.2) is 0 Å². The van der Waals surface area contributed by atoms with Crippen molar-refractivity contribution in [1.29, 1.82) is 0 Å². The molecule has 36 heavy (non-hydrogen) atoms. The minimum absolute atomic E-state index is 0.0121. The molecule has 1 saturated carbocycles. The Hall–Kier alpha value is -3.29. The van der Waals surface area contributed by atoms with Crippen molar-refractivity contribution in [1.82, 2.24) is 14.9 Å². The number of benzene rings is 1. The Morgan fingerprint density at radius 2 is 1.83 bits per heavy atom. The van der Waals surface area contributed by atoms with Crippen molar-refractivity contribution >= 4 is 22.6 Å². The summed E-state index contributed by atoms with van der Waals surface area (Å²) in [6, 6.07) is 5.45. The smallest absolute Gasteiger partial charge is 0.340 e. The summed E-state index contributed by atoms with van der Waals surface area (Å²) < 4.78 is 42.2. The van der Waals surface area contributed by atoms with Gasteiger partial charge in [0.05, 0.1) is 11.1 Å². The predicted octanol–water partition coefficient (Wildman–Crippen LogP) is 6.73. The average molecular weight is 498 g/mol. The molecule has 1 aliphatic rings. The number of Topliss-reactive ketones (excluding diaryl/α,β-unsaturated/α-hetero) is 1. The van der Waals surface area contributed by atoms with Gasteiger partial charge in [0.1, 0.15) is 5.69 Å². The predicted molar refractivity (Wildman–Crippen MR) is 133 cm³/mol. The molecule has 0 unspecified atom stereocenters. The monoisotopic (exact) mass is 497 g/mol. The minimum atomic E-state index is -4.62. The summed E-state index contributed by atoms with van der Waals surface area (Å²) >= 11 is 0. The highest BCUT2D eigenvalue weighted by molar-refractivity contribution is 6.02. The van der Waals surface area contributed by atoms with E-state index in [0.29, 0.717) is 41.8 Å². The molecule has 5 nitrogen and oxygen atoms in total. The van der Waals surface area contributed by atoms with Crippen molar-refractivity contribution < 1.29 is 22.8 Å². The number of carbonyl (C=O) groups is 2. The zero-order valence-electron chi connectivity index (χ0n) is 20.8. The Bertz CT molecular complexity index is 1280. The molecule has 0 bridgehead atoms. The third-order valence-electron chi connectivity index (χ3n) is 6.74. The van der Waals surface area contributed by atoms with Crippen LogP contribution >= 0.6 is 0 Å². The molecule has 0 N–H and O–H groups in total. The highest BCUT2D eigenvalue weighted by atomic mass is 19.4. The van der Waals surface area contributed by atoms with E-state index in [1.807, 2.05) is 13.8 Å². The van der Waals surface area contributed by atoms with Crippen molar-refractivity contribution in [2.45, 2.75) is 58.5 Å². The lowest BCUT2D eigenvalue weighted by Gasteiger charge is -2.18. The summed E-state index contributed by atoms with van der Waals surface area (Å²) in [5, 5.41) is 0.529. The zero-order chi connectivity index (χ0) is 26.0. The van der Waals surface area contributed by atoms with Crippen LogP contribution in [0.4, 0.5) is 13.2 Å². The highest BCUT2D eigenvalue weighted by Gasteiger charge is 2.35. The van der Waals surface area contributed by atoms with E-state index in [4.69, 9.17) is 0 Å². The molecule has 1 amide bonds. The van der Waals surface area contributed by atoms with E-state index >= 15 is 0 Å². The Kier molecular flexibility index (Phi) is 7.43. The number of hydrogen-bond acceptors (Lipinski definition) is 4. The first-order valence-corrected chi connectivity index (χ1v) is 12.4. The molecule has 190 valence electrons. The van der Waals surface area contributed by atoms with Crippen LogP contribution in [0, 0.1) is 5.92 Å². The van der Waals surface area contributed by atoms with E-state index in [2.05, 4.69) is 9.97 Å². The van der Waals surface area contributed by atoms with Gasteiger partial charge in [0, 0.05) is 48.9 Å². The van der Waals surface area contributed by atoms with Gasteiger partial charge in [-0.2, -0.15) is 13.2 Å². The Morgan fingerprint density at radius 1 is 1.08 bits per heavy atom. The first kappa shape index (κ1) is 25.8. The summed E-state index contributed by atoms with van der Waals surface area (Å²) in [6.45, 7) is 4.49. The molecule has 4 rings (SSSR count). The van der Waals surface area contributed by atoms with Gasteiger partial charge in [-0.15, -0.1) is 0 Å². The molecule has 2 heterocycles. The number of pyridine rings is 2. The molecule has 0 saturated heterocycles. The van der Waals surface area contributed by atoms with E-state index < -0.39 is 11.7 Å². The van der Waals surface area contributed by atoms with Crippen molar-refractivity contribution in [3.05, 3.63) is 59.0 Å². The van der Waals surface area contributed by atoms with Gasteiger partial charge in [-0.1, -0.05) is 26.3 Å². The first-order chi connectivity index (χ1) is 17.1. The van der Waals surface area contributed by atoms with E-state index in [0.717, 1.165) is 31.7 Å². The fraction of sp³-hybridized carbons (Fsp3) is 0.429. The molecule has 0 aliphatic heterocycles. The van der Waals surface area contributed by atoms with E-state index in [9.17, 15) is 22.8 Å². The summed E-state index contributed by atoms with van der Waals surface area (Å²) in [6.07, 6.45) is 2.90. The summed E-state index contributed by atoms with van der Waals surface area (Å²) in [5.74, 6) is 0.108. The van der Waals surface area contributed by atoms with Crippen molar-refractivity contribution in [3.8, 4) is 11.1 Å². The number of ketones is 1. The number of rotatable bonds is 9. The van der Waals surface area contributed by atoms with Crippen molar-refractivity contribution in [2.24, 2.45) is 5.92 Å². The van der Waals surface area contributed by atoms with E-state index in [1.165, 1.54) is 30.6 Å². The van der Waals surface area contributed by atoms with Gasteiger partial charge in [0.15, 0.2) is 5.78 Å². The van der Waals surface area contributed by atoms with E-state index in [-0.39, 0.29) is 34.0 Å². The van der Waals surface area contributed by atoms with Gasteiger partial charge in [-0.05, 0) is 60.9 Å². The lowest BCUT2D eigenvalue weighted by Crippen LogP contribution is -2.28. The number of halogens is 3. The zero-order valence-corrected chi connectivity index (χ0v) is 20.8. The number of alkyl halides is 3. The standard InChI is InChI=1S/C28H30F3N3O2/c1-4-6-11-34(3)27(36)24-10-9-18(15-32-24)20-13-21-19(5-2)22(26(35)12-17-7-8-17)16-33-25(21)14-23(20)28(29,30)31/h9-10,13-17H,4-8,11-12H2,1-3H3. The molecule has 0 atom stereocenters. The molecule has 8 heteroatoms. The lowest BCUT2D eigenvalue weighted by atomic mass is 9.92. The van der Waals surface area contributed by atoms with Crippen LogP contribution in [-0.4, -0.2) is 40.2 Å². The van der Waals surface area contributed by atoms with Crippen LogP contribution in [0.1, 0.15) is 77.9 Å². The fourth-order valence-corrected chi connectivity index (χ4v) is 4.45. The highest BCUT2D eigenvalue weighted by Crippen LogP contribution is 2.40. The largest absolute Gasteiger partial charge is 0.417 e. The molecular formula is C28H30F3N3O2. The molecule has 1 aliphatic carbocycles. The van der Waals surface area contributed by atoms with Crippen LogP contribution in [0.2, 0.25) is 0 Å². The van der Waals surface area contributed by atoms with Crippen LogP contribution in [0.25, 0.3) is 22.0 Å². The van der Waals surface area contributed by atoms with Crippen LogP contribution in [0.5, 0.6) is 0 Å². The molecule has 1 aromatic carbocycles. The van der Waals surface area contributed by atoms with Gasteiger partial charge in [0.25, 0.3) is 5.91 Å². The van der Waals surface area contributed by atoms with Crippen molar-refractivity contribution in [2.75, 3.05) is 13.6 Å². The number of aryl methyl sites for hydroxylation is 1. The number of fused-ring (bicyclic) bond motifs is 1. The third-order valence-corrected chi connectivity index (χ3v) is 6.74. The number of nitrogens with zero attached hydrogens (tertiary/aromatic N) is 3.